The van der Waals surface area contributed by atoms with Crippen LogP contribution >= 0.6 is 0 Å². The van der Waals surface area contributed by atoms with Gasteiger partial charge < -0.3 is 24.3 Å². The fourth-order valence-electron chi connectivity index (χ4n) is 5.03. The Bertz CT molecular complexity index is 1380. The average molecular weight is 485 g/mol. The first kappa shape index (κ1) is 23.7. The van der Waals surface area contributed by atoms with Crippen LogP contribution in [0.3, 0.4) is 0 Å². The number of rotatable bonds is 5. The van der Waals surface area contributed by atoms with Gasteiger partial charge in [0.1, 0.15) is 5.75 Å². The first-order chi connectivity index (χ1) is 17.4. The number of nitrogens with zero attached hydrogens (tertiary/aromatic N) is 3. The number of ether oxygens (including phenoxy) is 1. The number of hydrogen-bond acceptors (Lipinski definition) is 5. The van der Waals surface area contributed by atoms with E-state index in [-0.39, 0.29) is 18.1 Å². The second-order valence-corrected chi connectivity index (χ2v) is 9.36. The van der Waals surface area contributed by atoms with Gasteiger partial charge in [0.25, 0.3) is 0 Å². The van der Waals surface area contributed by atoms with Crippen molar-refractivity contribution in [2.45, 2.75) is 32.9 Å². The molecular formula is C29H32N4O3. The molecule has 36 heavy (non-hydrogen) atoms. The summed E-state index contributed by atoms with van der Waals surface area (Å²) in [6.07, 6.45) is 1.71. The van der Waals surface area contributed by atoms with Gasteiger partial charge in [-0.15, -0.1) is 0 Å². The molecule has 0 saturated carbocycles. The van der Waals surface area contributed by atoms with E-state index in [2.05, 4.69) is 52.5 Å². The molecule has 1 aromatic heterocycles. The van der Waals surface area contributed by atoms with Crippen molar-refractivity contribution in [1.82, 2.24) is 15.2 Å². The number of hydrogen-bond donors (Lipinski definition) is 1. The molecular weight excluding hydrogens is 452 g/mol. The van der Waals surface area contributed by atoms with E-state index in [4.69, 9.17) is 9.15 Å². The highest BCUT2D eigenvalue weighted by Gasteiger charge is 2.29. The van der Waals surface area contributed by atoms with Crippen molar-refractivity contribution in [3.63, 3.8) is 0 Å². The smallest absolute Gasteiger partial charge is 0.318 e. The summed E-state index contributed by atoms with van der Waals surface area (Å²) >= 11 is 0. The molecule has 1 fully saturated rings. The molecule has 7 heteroatoms. The number of piperazine rings is 1. The van der Waals surface area contributed by atoms with Crippen molar-refractivity contribution in [2.24, 2.45) is 0 Å². The zero-order valence-corrected chi connectivity index (χ0v) is 21.2. The van der Waals surface area contributed by atoms with E-state index < -0.39 is 0 Å². The van der Waals surface area contributed by atoms with Crippen LogP contribution in [0.2, 0.25) is 0 Å². The van der Waals surface area contributed by atoms with E-state index in [9.17, 15) is 4.79 Å². The van der Waals surface area contributed by atoms with Crippen LogP contribution in [0.25, 0.3) is 22.1 Å². The fourth-order valence-corrected chi connectivity index (χ4v) is 5.03. The summed E-state index contributed by atoms with van der Waals surface area (Å²) in [5.41, 5.74) is 3.06. The minimum absolute atomic E-state index is 0.0313. The Labute approximate surface area is 211 Å². The maximum Gasteiger partial charge on any atom is 0.318 e. The molecule has 0 bridgehead atoms. The quantitative estimate of drug-likeness (QED) is 0.388. The molecule has 7 nitrogen and oxygen atoms in total. The Morgan fingerprint density at radius 2 is 1.94 bits per heavy atom. The molecule has 1 saturated heterocycles. The van der Waals surface area contributed by atoms with Crippen molar-refractivity contribution in [3.8, 4) is 17.1 Å². The highest BCUT2D eigenvalue weighted by atomic mass is 16.5. The van der Waals surface area contributed by atoms with Gasteiger partial charge >= 0.3 is 6.03 Å². The first-order valence-corrected chi connectivity index (χ1v) is 12.3. The third kappa shape index (κ3) is 4.61. The van der Waals surface area contributed by atoms with Gasteiger partial charge in [0.2, 0.25) is 0 Å². The first-order valence-electron chi connectivity index (χ1n) is 12.3. The molecule has 5 rings (SSSR count). The molecule has 0 aliphatic carbocycles. The second kappa shape index (κ2) is 9.93. The Morgan fingerprint density at radius 1 is 1.14 bits per heavy atom. The lowest BCUT2D eigenvalue weighted by molar-refractivity contribution is 0.168. The van der Waals surface area contributed by atoms with Gasteiger partial charge in [-0.05, 0) is 42.3 Å². The van der Waals surface area contributed by atoms with E-state index in [0.29, 0.717) is 18.2 Å². The van der Waals surface area contributed by atoms with Gasteiger partial charge in [-0.1, -0.05) is 42.5 Å². The number of nitrogens with one attached hydrogen (secondary N) is 1. The number of aromatic nitrogens is 1. The Hall–Kier alpha value is -4.00. The van der Waals surface area contributed by atoms with Crippen LogP contribution < -0.4 is 15.0 Å². The fraction of sp³-hybridized carbons (Fsp3) is 0.310. The summed E-state index contributed by atoms with van der Waals surface area (Å²) in [5.74, 6) is 2.04. The third-order valence-electron chi connectivity index (χ3n) is 6.96. The molecule has 0 spiro atoms. The molecule has 186 valence electrons. The number of aryl methyl sites for hydroxylation is 1. The summed E-state index contributed by atoms with van der Waals surface area (Å²) in [7, 11) is 1.66. The minimum Gasteiger partial charge on any atom is -0.496 e. The number of carbonyl (C=O) groups is 1. The molecule has 1 aliphatic rings. The predicted octanol–water partition coefficient (Wildman–Crippen LogP) is 5.79. The van der Waals surface area contributed by atoms with Crippen LogP contribution in [0.1, 0.15) is 31.3 Å². The van der Waals surface area contributed by atoms with E-state index in [1.54, 1.807) is 13.3 Å². The van der Waals surface area contributed by atoms with Crippen LogP contribution in [0, 0.1) is 6.92 Å². The van der Waals surface area contributed by atoms with E-state index >= 15 is 0 Å². The largest absolute Gasteiger partial charge is 0.496 e. The zero-order valence-electron chi connectivity index (χ0n) is 21.2. The van der Waals surface area contributed by atoms with Crippen molar-refractivity contribution in [1.29, 1.82) is 0 Å². The Balaban J connectivity index is 1.26. The maximum atomic E-state index is 13.2. The molecule has 2 amide bonds. The van der Waals surface area contributed by atoms with Crippen LogP contribution in [-0.4, -0.2) is 48.7 Å². The van der Waals surface area contributed by atoms with Gasteiger partial charge in [0.05, 0.1) is 24.9 Å². The highest BCUT2D eigenvalue weighted by Crippen LogP contribution is 2.34. The summed E-state index contributed by atoms with van der Waals surface area (Å²) < 4.78 is 11.3. The van der Waals surface area contributed by atoms with Gasteiger partial charge in [0, 0.05) is 44.4 Å². The number of methoxy groups -OCH3 is 1. The number of urea groups is 1. The molecule has 1 N–H and O–H groups in total. The number of carbonyl (C=O) groups excluding carboxylic acids is 1. The summed E-state index contributed by atoms with van der Waals surface area (Å²) in [4.78, 5) is 21.7. The molecule has 0 radical (unpaired) electrons. The highest BCUT2D eigenvalue weighted by molar-refractivity contribution is 5.86. The van der Waals surface area contributed by atoms with Gasteiger partial charge in [-0.25, -0.2) is 9.78 Å². The summed E-state index contributed by atoms with van der Waals surface area (Å²) in [6, 6.07) is 20.6. The second-order valence-electron chi connectivity index (χ2n) is 9.36. The average Bonchev–Trinajstić information content (AvgIpc) is 3.33. The Kier molecular flexibility index (Phi) is 6.55. The van der Waals surface area contributed by atoms with Crippen molar-refractivity contribution in [2.75, 3.05) is 31.6 Å². The third-order valence-corrected chi connectivity index (χ3v) is 6.96. The molecule has 2 heterocycles. The number of fused-ring (bicyclic) bond motifs is 1. The molecule has 0 unspecified atom stereocenters. The SMILES string of the molecule is COc1cc(N2CCN(C(=O)N[C@@H](C)c3cccc4ccccc34)[C@@H](C)C2)ccc1-c1cnc(C)o1. The Morgan fingerprint density at radius 3 is 2.69 bits per heavy atom. The molecule has 1 aliphatic heterocycles. The number of anilines is 1. The summed E-state index contributed by atoms with van der Waals surface area (Å²) in [5, 5.41) is 5.57. The van der Waals surface area contributed by atoms with Gasteiger partial charge in [-0.3, -0.25) is 0 Å². The van der Waals surface area contributed by atoms with Crippen LogP contribution in [0.5, 0.6) is 5.75 Å². The van der Waals surface area contributed by atoms with E-state index in [1.165, 1.54) is 10.8 Å². The number of benzene rings is 3. The van der Waals surface area contributed by atoms with Crippen molar-refractivity contribution < 1.29 is 13.9 Å². The topological polar surface area (TPSA) is 70.8 Å². The van der Waals surface area contributed by atoms with Crippen LogP contribution in [0.15, 0.2) is 71.3 Å². The van der Waals surface area contributed by atoms with Crippen molar-refractivity contribution in [3.05, 3.63) is 78.3 Å². The lowest BCUT2D eigenvalue weighted by Gasteiger charge is -2.41. The van der Waals surface area contributed by atoms with Gasteiger partial charge in [-0.2, -0.15) is 0 Å². The van der Waals surface area contributed by atoms with E-state index in [0.717, 1.165) is 35.7 Å². The number of amides is 2. The monoisotopic (exact) mass is 484 g/mol. The number of oxazole rings is 1. The maximum absolute atomic E-state index is 13.2. The van der Waals surface area contributed by atoms with Crippen LogP contribution in [0.4, 0.5) is 10.5 Å². The summed E-state index contributed by atoms with van der Waals surface area (Å²) in [6.45, 7) is 8.08. The minimum atomic E-state index is -0.0923. The normalized spacial score (nSPS) is 16.7. The molecule has 2 atom stereocenters. The predicted molar refractivity (Wildman–Crippen MR) is 143 cm³/mol. The van der Waals surface area contributed by atoms with Gasteiger partial charge in [0.15, 0.2) is 11.7 Å². The van der Waals surface area contributed by atoms with Crippen molar-refractivity contribution >= 4 is 22.5 Å². The molecule has 3 aromatic carbocycles. The zero-order chi connectivity index (χ0) is 25.2. The lowest BCUT2D eigenvalue weighted by atomic mass is 10.00. The van der Waals surface area contributed by atoms with E-state index in [1.807, 2.05) is 49.1 Å². The molecule has 4 aromatic rings. The van der Waals surface area contributed by atoms with Crippen LogP contribution in [-0.2, 0) is 0 Å². The standard InChI is InChI=1S/C29H32N4O3/c1-19-18-32(23-12-13-26(27(16-23)35-4)28-17-30-21(3)36-28)14-15-33(19)29(34)31-20(2)24-11-7-9-22-8-5-6-10-25(22)24/h5-13,16-17,19-20H,14-15,18H2,1-4H3,(H,31,34)/t19-,20-/m0/s1. The lowest BCUT2D eigenvalue weighted by Crippen LogP contribution is -2.56.